The molecule has 0 aliphatic carbocycles. The molecule has 4 heteroatoms. The van der Waals surface area contributed by atoms with E-state index in [4.69, 9.17) is 10.1 Å². The number of nitrogens with one attached hydrogen (secondary N) is 1. The number of hydrogen-bond acceptors (Lipinski definition) is 3. The molecule has 0 heterocycles. The lowest BCUT2D eigenvalue weighted by Crippen LogP contribution is -2.02. The van der Waals surface area contributed by atoms with Gasteiger partial charge in [-0.25, -0.2) is 0 Å². The SMILES string of the molecule is COc1cccc(CCCNc2ccc([N+]#N)cc2)c1. The van der Waals surface area contributed by atoms with Gasteiger partial charge in [0.1, 0.15) is 5.75 Å². The highest BCUT2D eigenvalue weighted by molar-refractivity contribution is 5.53. The van der Waals surface area contributed by atoms with Crippen LogP contribution in [0.4, 0.5) is 11.4 Å². The van der Waals surface area contributed by atoms with E-state index in [9.17, 15) is 0 Å². The van der Waals surface area contributed by atoms with Crippen LogP contribution in [0, 0.1) is 5.39 Å². The van der Waals surface area contributed by atoms with Crippen molar-refractivity contribution < 1.29 is 4.74 Å². The first kappa shape index (κ1) is 13.9. The minimum atomic E-state index is 0.562. The average molecular weight is 268 g/mol. The van der Waals surface area contributed by atoms with E-state index in [0.717, 1.165) is 30.8 Å². The number of methoxy groups -OCH3 is 1. The fourth-order valence-corrected chi connectivity index (χ4v) is 2.00. The van der Waals surface area contributed by atoms with Crippen molar-refractivity contribution in [1.29, 1.82) is 5.39 Å². The van der Waals surface area contributed by atoms with Gasteiger partial charge in [0.25, 0.3) is 0 Å². The van der Waals surface area contributed by atoms with E-state index < -0.39 is 0 Å². The van der Waals surface area contributed by atoms with Crippen LogP contribution in [-0.4, -0.2) is 13.7 Å². The molecule has 0 saturated heterocycles. The first-order valence-electron chi connectivity index (χ1n) is 6.64. The summed E-state index contributed by atoms with van der Waals surface area (Å²) in [6.45, 7) is 0.896. The fourth-order valence-electron chi connectivity index (χ4n) is 2.00. The molecule has 2 aromatic rings. The van der Waals surface area contributed by atoms with Gasteiger partial charge < -0.3 is 10.1 Å². The number of benzene rings is 2. The quantitative estimate of drug-likeness (QED) is 0.630. The van der Waals surface area contributed by atoms with Gasteiger partial charge in [-0.05, 0) is 42.7 Å². The van der Waals surface area contributed by atoms with Gasteiger partial charge in [-0.3, -0.25) is 0 Å². The van der Waals surface area contributed by atoms with Crippen molar-refractivity contribution in [2.24, 2.45) is 0 Å². The van der Waals surface area contributed by atoms with Crippen molar-refractivity contribution in [3.8, 4) is 5.75 Å². The van der Waals surface area contributed by atoms with Gasteiger partial charge in [0.15, 0.2) is 4.98 Å². The lowest BCUT2D eigenvalue weighted by molar-refractivity contribution is 0.414. The van der Waals surface area contributed by atoms with Gasteiger partial charge in [-0.1, -0.05) is 12.1 Å². The molecule has 0 spiro atoms. The topological polar surface area (TPSA) is 49.4 Å². The maximum Gasteiger partial charge on any atom is 0.385 e. The monoisotopic (exact) mass is 268 g/mol. The summed E-state index contributed by atoms with van der Waals surface area (Å²) in [4.78, 5) is 3.12. The van der Waals surface area contributed by atoms with Crippen LogP contribution >= 0.6 is 0 Å². The molecule has 0 radical (unpaired) electrons. The number of rotatable bonds is 6. The standard InChI is InChI=1S/C16H18N3O/c1-20-16-6-2-4-13(12-16)5-3-11-18-14-7-9-15(19-17)10-8-14/h2,4,6-10,12,18H,3,5,11H2,1H3/q+1. The minimum Gasteiger partial charge on any atom is -0.497 e. The van der Waals surface area contributed by atoms with Gasteiger partial charge in [0.05, 0.1) is 7.11 Å². The van der Waals surface area contributed by atoms with E-state index in [1.807, 2.05) is 24.3 Å². The Morgan fingerprint density at radius 2 is 1.95 bits per heavy atom. The molecule has 0 amide bonds. The summed E-state index contributed by atoms with van der Waals surface area (Å²) < 4.78 is 5.21. The molecule has 0 aliphatic heterocycles. The summed E-state index contributed by atoms with van der Waals surface area (Å²) in [5, 5.41) is 11.9. The Morgan fingerprint density at radius 1 is 1.15 bits per heavy atom. The third-order valence-electron chi connectivity index (χ3n) is 3.09. The Hall–Kier alpha value is -2.54. The molecule has 0 saturated carbocycles. The Labute approximate surface area is 119 Å². The average Bonchev–Trinajstić information content (AvgIpc) is 2.52. The van der Waals surface area contributed by atoms with Gasteiger partial charge in [0.2, 0.25) is 5.39 Å². The maximum absolute atomic E-state index is 8.61. The van der Waals surface area contributed by atoms with Crippen LogP contribution in [0.1, 0.15) is 12.0 Å². The maximum atomic E-state index is 8.61. The third kappa shape index (κ3) is 3.99. The number of nitrogens with zero attached hydrogens (tertiary/aromatic N) is 2. The minimum absolute atomic E-state index is 0.562. The second kappa shape index (κ2) is 7.15. The molecule has 0 fully saturated rings. The Balaban J connectivity index is 1.77. The summed E-state index contributed by atoms with van der Waals surface area (Å²) in [7, 11) is 1.68. The zero-order chi connectivity index (χ0) is 14.2. The Bertz CT molecular complexity index is 587. The van der Waals surface area contributed by atoms with Crippen molar-refractivity contribution in [1.82, 2.24) is 0 Å². The fraction of sp³-hybridized carbons (Fsp3) is 0.250. The summed E-state index contributed by atoms with van der Waals surface area (Å²) in [6.07, 6.45) is 2.05. The van der Waals surface area contributed by atoms with E-state index in [1.54, 1.807) is 19.2 Å². The van der Waals surface area contributed by atoms with Crippen LogP contribution in [0.2, 0.25) is 0 Å². The highest BCUT2D eigenvalue weighted by Gasteiger charge is 2.02. The van der Waals surface area contributed by atoms with Crippen LogP contribution in [0.5, 0.6) is 5.75 Å². The van der Waals surface area contributed by atoms with Gasteiger partial charge in [0, 0.05) is 24.4 Å². The molecule has 1 N–H and O–H groups in total. The predicted octanol–water partition coefficient (Wildman–Crippen LogP) is 4.22. The van der Waals surface area contributed by atoms with Crippen molar-refractivity contribution in [3.63, 3.8) is 0 Å². The number of diazo groups is 1. The molecule has 2 rings (SSSR count). The second-order valence-corrected chi connectivity index (χ2v) is 4.53. The molecule has 0 atom stereocenters. The molecule has 102 valence electrons. The Kier molecular flexibility index (Phi) is 4.96. The zero-order valence-electron chi connectivity index (χ0n) is 11.5. The van der Waals surface area contributed by atoms with Crippen LogP contribution in [0.3, 0.4) is 0 Å². The Morgan fingerprint density at radius 3 is 2.65 bits per heavy atom. The van der Waals surface area contributed by atoms with Gasteiger partial charge in [-0.2, -0.15) is 0 Å². The summed E-state index contributed by atoms with van der Waals surface area (Å²) in [5.41, 5.74) is 2.87. The zero-order valence-corrected chi connectivity index (χ0v) is 11.5. The predicted molar refractivity (Wildman–Crippen MR) is 81.0 cm³/mol. The smallest absolute Gasteiger partial charge is 0.385 e. The molecule has 0 unspecified atom stereocenters. The molecular weight excluding hydrogens is 250 g/mol. The van der Waals surface area contributed by atoms with Gasteiger partial charge >= 0.3 is 5.69 Å². The van der Waals surface area contributed by atoms with E-state index in [-0.39, 0.29) is 0 Å². The highest BCUT2D eigenvalue weighted by Crippen LogP contribution is 2.16. The number of anilines is 1. The number of aryl methyl sites for hydroxylation is 1. The number of ether oxygens (including phenoxy) is 1. The molecule has 2 aromatic carbocycles. The first-order chi connectivity index (χ1) is 9.81. The summed E-state index contributed by atoms with van der Waals surface area (Å²) in [6, 6.07) is 15.5. The van der Waals surface area contributed by atoms with Crippen molar-refractivity contribution in [2.75, 3.05) is 19.0 Å². The van der Waals surface area contributed by atoms with Crippen molar-refractivity contribution >= 4 is 11.4 Å². The highest BCUT2D eigenvalue weighted by atomic mass is 16.5. The van der Waals surface area contributed by atoms with Crippen LogP contribution in [0.25, 0.3) is 4.98 Å². The first-order valence-corrected chi connectivity index (χ1v) is 6.64. The lowest BCUT2D eigenvalue weighted by Gasteiger charge is -2.07. The molecule has 20 heavy (non-hydrogen) atoms. The van der Waals surface area contributed by atoms with E-state index in [0.29, 0.717) is 5.69 Å². The van der Waals surface area contributed by atoms with Crippen LogP contribution < -0.4 is 10.1 Å². The van der Waals surface area contributed by atoms with E-state index in [1.165, 1.54) is 5.56 Å². The largest absolute Gasteiger partial charge is 0.497 e. The summed E-state index contributed by atoms with van der Waals surface area (Å²) >= 11 is 0. The van der Waals surface area contributed by atoms with Crippen molar-refractivity contribution in [2.45, 2.75) is 12.8 Å². The second-order valence-electron chi connectivity index (χ2n) is 4.53. The van der Waals surface area contributed by atoms with Crippen LogP contribution in [-0.2, 0) is 6.42 Å². The summed E-state index contributed by atoms with van der Waals surface area (Å²) in [5.74, 6) is 0.902. The number of hydrogen-bond donors (Lipinski definition) is 1. The lowest BCUT2D eigenvalue weighted by atomic mass is 10.1. The van der Waals surface area contributed by atoms with Gasteiger partial charge in [-0.15, -0.1) is 0 Å². The normalized spacial score (nSPS) is 9.80. The van der Waals surface area contributed by atoms with Crippen molar-refractivity contribution in [3.05, 3.63) is 59.1 Å². The van der Waals surface area contributed by atoms with E-state index in [2.05, 4.69) is 22.4 Å². The molecular formula is C16H18N3O+. The van der Waals surface area contributed by atoms with E-state index >= 15 is 0 Å². The molecule has 0 bridgehead atoms. The van der Waals surface area contributed by atoms with Crippen LogP contribution in [0.15, 0.2) is 48.5 Å². The molecule has 4 nitrogen and oxygen atoms in total. The third-order valence-corrected chi connectivity index (χ3v) is 3.09. The molecule has 0 aliphatic rings. The molecule has 0 aromatic heterocycles.